The largest absolute Gasteiger partial charge is 0.507 e. The maximum atomic E-state index is 11.0. The van der Waals surface area contributed by atoms with Crippen LogP contribution >= 0.6 is 0 Å². The summed E-state index contributed by atoms with van der Waals surface area (Å²) in [5.74, 6) is 0.889. The number of carbonyl (C=O) groups excluding carboxylic acids is 1. The molecule has 1 N–H and O–H groups in total. The van der Waals surface area contributed by atoms with E-state index in [2.05, 4.69) is 20.8 Å². The first kappa shape index (κ1) is 13.4. The Bertz CT molecular complexity index is 550. The van der Waals surface area contributed by atoms with Crippen LogP contribution in [0.25, 0.3) is 0 Å². The Morgan fingerprint density at radius 1 is 1.35 bits per heavy atom. The highest BCUT2D eigenvalue weighted by Gasteiger charge is 2.47. The third kappa shape index (κ3) is 1.99. The lowest BCUT2D eigenvalue weighted by Crippen LogP contribution is -2.48. The average Bonchev–Trinajstić information content (AvgIpc) is 2.38. The summed E-state index contributed by atoms with van der Waals surface area (Å²) in [6, 6.07) is 3.22. The number of fused-ring (bicyclic) bond motifs is 3. The molecule has 0 unspecified atom stereocenters. The Kier molecular flexibility index (Phi) is 3.01. The van der Waals surface area contributed by atoms with Gasteiger partial charge in [0.2, 0.25) is 0 Å². The molecule has 0 bridgehead atoms. The lowest BCUT2D eigenvalue weighted by molar-refractivity contribution is -0.144. The maximum absolute atomic E-state index is 11.0. The minimum Gasteiger partial charge on any atom is -0.507 e. The van der Waals surface area contributed by atoms with Crippen molar-refractivity contribution in [3.8, 4) is 11.5 Å². The number of carbonyl (C=O) groups is 1. The Balaban J connectivity index is 2.11. The van der Waals surface area contributed by atoms with E-state index in [1.165, 1.54) is 0 Å². The normalized spacial score (nSPS) is 30.9. The molecule has 2 heterocycles. The Morgan fingerprint density at radius 3 is 2.80 bits per heavy atom. The summed E-state index contributed by atoms with van der Waals surface area (Å²) in [6.45, 7) is 6.18. The predicted molar refractivity (Wildman–Crippen MR) is 74.2 cm³/mol. The van der Waals surface area contributed by atoms with Gasteiger partial charge in [-0.15, -0.1) is 0 Å². The molecule has 108 valence electrons. The smallest absolute Gasteiger partial charge is 0.153 e. The van der Waals surface area contributed by atoms with Gasteiger partial charge in [0.1, 0.15) is 17.1 Å². The van der Waals surface area contributed by atoms with Crippen LogP contribution in [-0.4, -0.2) is 23.1 Å². The van der Waals surface area contributed by atoms with Crippen molar-refractivity contribution >= 4 is 6.29 Å². The van der Waals surface area contributed by atoms with E-state index in [4.69, 9.17) is 9.47 Å². The summed E-state index contributed by atoms with van der Waals surface area (Å²) in [6.07, 6.45) is 2.81. The van der Waals surface area contributed by atoms with Crippen LogP contribution in [-0.2, 0) is 4.74 Å². The fourth-order valence-corrected chi connectivity index (χ4v) is 3.35. The second kappa shape index (κ2) is 4.48. The molecule has 1 aromatic carbocycles. The number of phenols is 1. The van der Waals surface area contributed by atoms with Gasteiger partial charge in [0.05, 0.1) is 17.8 Å². The molecule has 4 heteroatoms. The third-order valence-electron chi connectivity index (χ3n) is 4.49. The van der Waals surface area contributed by atoms with Gasteiger partial charge in [-0.05, 0) is 45.7 Å². The molecule has 1 fully saturated rings. The highest BCUT2D eigenvalue weighted by molar-refractivity contribution is 5.80. The van der Waals surface area contributed by atoms with Crippen molar-refractivity contribution in [3.63, 3.8) is 0 Å². The van der Waals surface area contributed by atoms with E-state index >= 15 is 0 Å². The van der Waals surface area contributed by atoms with Gasteiger partial charge in [-0.1, -0.05) is 0 Å². The second-order valence-corrected chi connectivity index (χ2v) is 6.32. The zero-order valence-electron chi connectivity index (χ0n) is 12.1. The SMILES string of the molecule is C[C@@H]1CC[C@@H]2[C@@H](O1)c1cc(O)c(C=O)cc1OC2(C)C. The molecule has 3 atom stereocenters. The number of phenolic OH excluding ortho intramolecular Hbond substituents is 1. The minimum atomic E-state index is -0.338. The highest BCUT2D eigenvalue weighted by atomic mass is 16.5. The topological polar surface area (TPSA) is 55.8 Å². The standard InChI is InChI=1S/C16H20O4/c1-9-4-5-12-15(19-9)11-7-13(18)10(8-17)6-14(11)20-16(12,2)3/h6-9,12,15,18H,4-5H2,1-3H3/t9-,12-,15+/m1/s1. The van der Waals surface area contributed by atoms with Crippen molar-refractivity contribution in [2.45, 2.75) is 51.4 Å². The Hall–Kier alpha value is -1.55. The number of rotatable bonds is 1. The molecule has 0 aromatic heterocycles. The molecule has 2 aliphatic heterocycles. The monoisotopic (exact) mass is 276 g/mol. The van der Waals surface area contributed by atoms with Crippen LogP contribution in [0.1, 0.15) is 55.6 Å². The lowest BCUT2D eigenvalue weighted by Gasteiger charge is -2.48. The van der Waals surface area contributed by atoms with E-state index in [1.54, 1.807) is 12.1 Å². The first-order valence-corrected chi connectivity index (χ1v) is 7.09. The molecule has 2 aliphatic rings. The van der Waals surface area contributed by atoms with Gasteiger partial charge in [-0.3, -0.25) is 4.79 Å². The minimum absolute atomic E-state index is 0.0115. The fraction of sp³-hybridized carbons (Fsp3) is 0.562. The average molecular weight is 276 g/mol. The van der Waals surface area contributed by atoms with Gasteiger partial charge in [-0.2, -0.15) is 0 Å². The van der Waals surface area contributed by atoms with Gasteiger partial charge in [-0.25, -0.2) is 0 Å². The summed E-state index contributed by atoms with van der Waals surface area (Å²) in [7, 11) is 0. The number of aromatic hydroxyl groups is 1. The zero-order chi connectivity index (χ0) is 14.5. The van der Waals surface area contributed by atoms with Crippen molar-refractivity contribution in [3.05, 3.63) is 23.3 Å². The molecular formula is C16H20O4. The van der Waals surface area contributed by atoms with Gasteiger partial charge in [0.15, 0.2) is 6.29 Å². The van der Waals surface area contributed by atoms with E-state index in [9.17, 15) is 9.90 Å². The molecule has 4 nitrogen and oxygen atoms in total. The van der Waals surface area contributed by atoms with Crippen molar-refractivity contribution < 1.29 is 19.4 Å². The zero-order valence-corrected chi connectivity index (χ0v) is 12.1. The summed E-state index contributed by atoms with van der Waals surface area (Å²) in [5, 5.41) is 9.91. The molecule has 3 rings (SSSR count). The fourth-order valence-electron chi connectivity index (χ4n) is 3.35. The summed E-state index contributed by atoms with van der Waals surface area (Å²) in [4.78, 5) is 11.0. The quantitative estimate of drug-likeness (QED) is 0.800. The Labute approximate surface area is 118 Å². The molecule has 0 aliphatic carbocycles. The predicted octanol–water partition coefficient (Wildman–Crippen LogP) is 3.23. The van der Waals surface area contributed by atoms with E-state index in [1.807, 2.05) is 0 Å². The molecule has 0 spiro atoms. The number of benzene rings is 1. The van der Waals surface area contributed by atoms with Gasteiger partial charge in [0, 0.05) is 11.5 Å². The van der Waals surface area contributed by atoms with Crippen molar-refractivity contribution in [2.24, 2.45) is 5.92 Å². The van der Waals surface area contributed by atoms with E-state index in [0.717, 1.165) is 18.4 Å². The van der Waals surface area contributed by atoms with E-state index < -0.39 is 0 Å². The van der Waals surface area contributed by atoms with Crippen LogP contribution in [0.3, 0.4) is 0 Å². The summed E-state index contributed by atoms with van der Waals surface area (Å²) < 4.78 is 12.2. The van der Waals surface area contributed by atoms with Crippen molar-refractivity contribution in [2.75, 3.05) is 0 Å². The number of aldehydes is 1. The molecule has 1 aromatic rings. The van der Waals surface area contributed by atoms with Crippen molar-refractivity contribution in [1.29, 1.82) is 0 Å². The van der Waals surface area contributed by atoms with Crippen molar-refractivity contribution in [1.82, 2.24) is 0 Å². The highest BCUT2D eigenvalue weighted by Crippen LogP contribution is 2.51. The van der Waals surface area contributed by atoms with Gasteiger partial charge >= 0.3 is 0 Å². The van der Waals surface area contributed by atoms with Gasteiger partial charge in [0.25, 0.3) is 0 Å². The number of hydrogen-bond donors (Lipinski definition) is 1. The second-order valence-electron chi connectivity index (χ2n) is 6.32. The number of ether oxygens (including phenoxy) is 2. The van der Waals surface area contributed by atoms with Crippen LogP contribution < -0.4 is 4.74 Å². The van der Waals surface area contributed by atoms with Crippen LogP contribution in [0.4, 0.5) is 0 Å². The van der Waals surface area contributed by atoms with E-state index in [-0.39, 0.29) is 35.0 Å². The van der Waals surface area contributed by atoms with Crippen LogP contribution in [0.2, 0.25) is 0 Å². The molecular weight excluding hydrogens is 256 g/mol. The van der Waals surface area contributed by atoms with Gasteiger partial charge < -0.3 is 14.6 Å². The van der Waals surface area contributed by atoms with Crippen LogP contribution in [0.15, 0.2) is 12.1 Å². The lowest BCUT2D eigenvalue weighted by atomic mass is 9.75. The third-order valence-corrected chi connectivity index (χ3v) is 4.49. The molecule has 1 saturated heterocycles. The van der Waals surface area contributed by atoms with Crippen LogP contribution in [0, 0.1) is 5.92 Å². The van der Waals surface area contributed by atoms with Crippen LogP contribution in [0.5, 0.6) is 11.5 Å². The molecule has 0 radical (unpaired) electrons. The molecule has 0 amide bonds. The maximum Gasteiger partial charge on any atom is 0.153 e. The first-order valence-electron chi connectivity index (χ1n) is 7.09. The molecule has 0 saturated carbocycles. The first-order chi connectivity index (χ1) is 9.42. The molecule has 20 heavy (non-hydrogen) atoms. The summed E-state index contributed by atoms with van der Waals surface area (Å²) >= 11 is 0. The Morgan fingerprint density at radius 2 is 2.10 bits per heavy atom. The number of hydrogen-bond acceptors (Lipinski definition) is 4. The van der Waals surface area contributed by atoms with E-state index in [0.29, 0.717) is 12.0 Å². The summed E-state index contributed by atoms with van der Waals surface area (Å²) in [5.41, 5.74) is 0.764.